The van der Waals surface area contributed by atoms with Gasteiger partial charge in [-0.05, 0) is 6.92 Å². The fourth-order valence-corrected chi connectivity index (χ4v) is 1.51. The largest absolute Gasteiger partial charge is 0.298 e. The number of halogens is 1. The van der Waals surface area contributed by atoms with Gasteiger partial charge in [-0.15, -0.1) is 0 Å². The lowest BCUT2D eigenvalue weighted by molar-refractivity contribution is 0.112. The maximum Gasteiger partial charge on any atom is 0.158 e. The van der Waals surface area contributed by atoms with Gasteiger partial charge in [-0.1, -0.05) is 11.6 Å². The molecular weight excluding hydrogens is 216 g/mol. The van der Waals surface area contributed by atoms with E-state index in [4.69, 9.17) is 11.6 Å². The lowest BCUT2D eigenvalue weighted by Crippen LogP contribution is -1.99. The number of aryl methyl sites for hydroxylation is 1. The van der Waals surface area contributed by atoms with Gasteiger partial charge in [-0.2, -0.15) is 5.10 Å². The van der Waals surface area contributed by atoms with Gasteiger partial charge in [0.2, 0.25) is 0 Å². The van der Waals surface area contributed by atoms with Crippen LogP contribution in [0.5, 0.6) is 0 Å². The van der Waals surface area contributed by atoms with Crippen molar-refractivity contribution in [3.63, 3.8) is 0 Å². The molecule has 0 aliphatic rings. The van der Waals surface area contributed by atoms with Crippen LogP contribution in [0.25, 0.3) is 5.82 Å². The van der Waals surface area contributed by atoms with Crippen molar-refractivity contribution in [2.24, 2.45) is 0 Å². The topological polar surface area (TPSA) is 60.7 Å². The summed E-state index contributed by atoms with van der Waals surface area (Å²) in [6.45, 7) is 1.72. The third-order valence-corrected chi connectivity index (χ3v) is 2.31. The molecule has 0 amide bonds. The van der Waals surface area contributed by atoms with E-state index >= 15 is 0 Å². The molecule has 76 valence electrons. The van der Waals surface area contributed by atoms with Gasteiger partial charge in [-0.3, -0.25) is 4.79 Å². The van der Waals surface area contributed by atoms with Crippen LogP contribution in [-0.2, 0) is 0 Å². The summed E-state index contributed by atoms with van der Waals surface area (Å²) in [7, 11) is 0. The molecule has 0 radical (unpaired) electrons. The summed E-state index contributed by atoms with van der Waals surface area (Å²) in [5, 5.41) is 4.38. The summed E-state index contributed by atoms with van der Waals surface area (Å²) in [5.74, 6) is 0.534. The molecule has 0 aliphatic carbocycles. The molecule has 0 saturated heterocycles. The quantitative estimate of drug-likeness (QED) is 0.722. The van der Waals surface area contributed by atoms with Crippen LogP contribution in [0.2, 0.25) is 5.15 Å². The van der Waals surface area contributed by atoms with Crippen molar-refractivity contribution in [3.05, 3.63) is 35.0 Å². The van der Waals surface area contributed by atoms with E-state index in [1.54, 1.807) is 19.2 Å². The van der Waals surface area contributed by atoms with Crippen molar-refractivity contribution in [3.8, 4) is 5.82 Å². The Labute approximate surface area is 90.7 Å². The van der Waals surface area contributed by atoms with E-state index in [-0.39, 0.29) is 5.15 Å². The maximum atomic E-state index is 10.7. The third-order valence-electron chi connectivity index (χ3n) is 1.95. The van der Waals surface area contributed by atoms with Gasteiger partial charge in [0.25, 0.3) is 0 Å². The average molecular weight is 223 g/mol. The van der Waals surface area contributed by atoms with E-state index in [2.05, 4.69) is 15.1 Å². The van der Waals surface area contributed by atoms with Crippen molar-refractivity contribution >= 4 is 17.9 Å². The molecule has 0 bridgehead atoms. The number of hydrogen-bond acceptors (Lipinski definition) is 4. The standard InChI is InChI=1S/C9H7ClN4O/c1-6-7(4-15)9(10)14(13-6)8-2-3-11-5-12-8/h2-5H,1H3. The van der Waals surface area contributed by atoms with E-state index in [1.165, 1.54) is 11.0 Å². The Hall–Kier alpha value is -1.75. The molecule has 0 atom stereocenters. The molecular formula is C9H7ClN4O. The second-order valence-electron chi connectivity index (χ2n) is 2.89. The minimum absolute atomic E-state index is 0.265. The minimum atomic E-state index is 0.265. The van der Waals surface area contributed by atoms with Crippen molar-refractivity contribution in [1.82, 2.24) is 19.7 Å². The van der Waals surface area contributed by atoms with Gasteiger partial charge in [0.1, 0.15) is 11.5 Å². The molecule has 0 saturated carbocycles. The Bertz CT molecular complexity index is 494. The second kappa shape index (κ2) is 3.78. The highest BCUT2D eigenvalue weighted by molar-refractivity contribution is 6.32. The lowest BCUT2D eigenvalue weighted by atomic mass is 10.3. The van der Waals surface area contributed by atoms with Crippen LogP contribution in [-0.4, -0.2) is 26.0 Å². The third kappa shape index (κ3) is 1.61. The molecule has 5 nitrogen and oxygen atoms in total. The average Bonchev–Trinajstić information content (AvgIpc) is 2.55. The zero-order valence-electron chi connectivity index (χ0n) is 7.88. The molecule has 0 unspecified atom stereocenters. The SMILES string of the molecule is Cc1nn(-c2ccncn2)c(Cl)c1C=O. The van der Waals surface area contributed by atoms with Crippen molar-refractivity contribution in [1.29, 1.82) is 0 Å². The van der Waals surface area contributed by atoms with E-state index in [9.17, 15) is 4.79 Å². The molecule has 0 fully saturated rings. The molecule has 2 rings (SSSR count). The molecule has 2 aromatic rings. The number of rotatable bonds is 2. The van der Waals surface area contributed by atoms with Crippen LogP contribution in [0.4, 0.5) is 0 Å². The first-order valence-electron chi connectivity index (χ1n) is 4.20. The zero-order valence-corrected chi connectivity index (χ0v) is 8.64. The highest BCUT2D eigenvalue weighted by atomic mass is 35.5. The van der Waals surface area contributed by atoms with Crippen LogP contribution in [0, 0.1) is 6.92 Å². The number of carbonyl (C=O) groups excluding carboxylic acids is 1. The van der Waals surface area contributed by atoms with Crippen LogP contribution in [0.1, 0.15) is 16.1 Å². The molecule has 2 aromatic heterocycles. The summed E-state index contributed by atoms with van der Waals surface area (Å²) in [4.78, 5) is 18.5. The Balaban J connectivity index is 2.60. The monoisotopic (exact) mass is 222 g/mol. The number of nitrogens with zero attached hydrogens (tertiary/aromatic N) is 4. The summed E-state index contributed by atoms with van der Waals surface area (Å²) in [5.41, 5.74) is 0.962. The molecule has 0 aliphatic heterocycles. The molecule has 0 aromatic carbocycles. The van der Waals surface area contributed by atoms with Gasteiger partial charge in [0.05, 0.1) is 11.3 Å². The Morgan fingerprint density at radius 1 is 1.53 bits per heavy atom. The highest BCUT2D eigenvalue weighted by Crippen LogP contribution is 2.20. The van der Waals surface area contributed by atoms with E-state index in [1.807, 2.05) is 0 Å². The minimum Gasteiger partial charge on any atom is -0.298 e. The van der Waals surface area contributed by atoms with E-state index in [0.717, 1.165) is 0 Å². The Kier molecular flexibility index (Phi) is 2.47. The normalized spacial score (nSPS) is 10.3. The molecule has 2 heterocycles. The summed E-state index contributed by atoms with van der Waals surface area (Å²) in [6, 6.07) is 1.66. The fourth-order valence-electron chi connectivity index (χ4n) is 1.21. The van der Waals surface area contributed by atoms with Gasteiger partial charge >= 0.3 is 0 Å². The molecule has 0 N–H and O–H groups in total. The predicted molar refractivity (Wildman–Crippen MR) is 54.3 cm³/mol. The number of hydrogen-bond donors (Lipinski definition) is 0. The predicted octanol–water partition coefficient (Wildman–Crippen LogP) is 1.44. The Morgan fingerprint density at radius 2 is 2.33 bits per heavy atom. The summed E-state index contributed by atoms with van der Waals surface area (Å²) >= 11 is 5.97. The smallest absolute Gasteiger partial charge is 0.158 e. The molecule has 6 heteroatoms. The molecule has 15 heavy (non-hydrogen) atoms. The summed E-state index contributed by atoms with van der Waals surface area (Å²) in [6.07, 6.45) is 3.65. The highest BCUT2D eigenvalue weighted by Gasteiger charge is 2.13. The number of carbonyl (C=O) groups is 1. The van der Waals surface area contributed by atoms with E-state index < -0.39 is 0 Å². The van der Waals surface area contributed by atoms with Crippen LogP contribution in [0.3, 0.4) is 0 Å². The number of aromatic nitrogens is 4. The van der Waals surface area contributed by atoms with Gasteiger partial charge in [0.15, 0.2) is 12.1 Å². The first-order chi connectivity index (χ1) is 7.24. The van der Waals surface area contributed by atoms with Gasteiger partial charge in [0, 0.05) is 12.3 Å². The maximum absolute atomic E-state index is 10.7. The fraction of sp³-hybridized carbons (Fsp3) is 0.111. The zero-order chi connectivity index (χ0) is 10.8. The first kappa shape index (κ1) is 9.79. The van der Waals surface area contributed by atoms with Gasteiger partial charge in [-0.25, -0.2) is 14.6 Å². The Morgan fingerprint density at radius 3 is 2.87 bits per heavy atom. The lowest BCUT2D eigenvalue weighted by Gasteiger charge is -1.99. The molecule has 0 spiro atoms. The van der Waals surface area contributed by atoms with Crippen LogP contribution in [0.15, 0.2) is 18.6 Å². The van der Waals surface area contributed by atoms with Crippen LogP contribution < -0.4 is 0 Å². The first-order valence-corrected chi connectivity index (χ1v) is 4.58. The van der Waals surface area contributed by atoms with Gasteiger partial charge < -0.3 is 0 Å². The summed E-state index contributed by atoms with van der Waals surface area (Å²) < 4.78 is 1.41. The van der Waals surface area contributed by atoms with E-state index in [0.29, 0.717) is 23.4 Å². The van der Waals surface area contributed by atoms with Crippen LogP contribution >= 0.6 is 11.6 Å². The van der Waals surface area contributed by atoms with Crippen molar-refractivity contribution < 1.29 is 4.79 Å². The van der Waals surface area contributed by atoms with Crippen molar-refractivity contribution in [2.45, 2.75) is 6.92 Å². The second-order valence-corrected chi connectivity index (χ2v) is 3.25. The van der Waals surface area contributed by atoms with Crippen molar-refractivity contribution in [2.75, 3.05) is 0 Å². The number of aldehydes is 1.